The largest absolute Gasteiger partial charge is 0.337 e. The standard InChI is InChI=1S/C18H20ClN5S/c1-23-11-10-20-16(23)12-25-18-22-21-17(14-8-4-5-9-15(14)19)24(18)13-6-2-3-7-13/h4-5,8-11,13H,2-3,6-7,12H2,1H3. The van der Waals surface area contributed by atoms with E-state index in [0.717, 1.165) is 33.1 Å². The van der Waals surface area contributed by atoms with Gasteiger partial charge in [-0.15, -0.1) is 10.2 Å². The summed E-state index contributed by atoms with van der Waals surface area (Å²) in [7, 11) is 2.01. The Balaban J connectivity index is 1.69. The average Bonchev–Trinajstić information content (AvgIpc) is 3.33. The topological polar surface area (TPSA) is 48.5 Å². The van der Waals surface area contributed by atoms with Crippen LogP contribution in [-0.4, -0.2) is 24.3 Å². The lowest BCUT2D eigenvalue weighted by Gasteiger charge is -2.17. The molecule has 1 aliphatic rings. The average molecular weight is 374 g/mol. The van der Waals surface area contributed by atoms with Gasteiger partial charge in [-0.25, -0.2) is 4.98 Å². The van der Waals surface area contributed by atoms with Gasteiger partial charge in [0.05, 0.1) is 10.8 Å². The molecule has 25 heavy (non-hydrogen) atoms. The van der Waals surface area contributed by atoms with Crippen molar-refractivity contribution in [3.8, 4) is 11.4 Å². The van der Waals surface area contributed by atoms with Crippen molar-refractivity contribution in [2.45, 2.75) is 42.6 Å². The smallest absolute Gasteiger partial charge is 0.192 e. The van der Waals surface area contributed by atoms with Crippen LogP contribution in [-0.2, 0) is 12.8 Å². The quantitative estimate of drug-likeness (QED) is 0.606. The Labute approximate surface area is 156 Å². The molecule has 130 valence electrons. The van der Waals surface area contributed by atoms with Crippen LogP contribution in [0.2, 0.25) is 5.02 Å². The molecular formula is C18H20ClN5S. The number of benzene rings is 1. The van der Waals surface area contributed by atoms with E-state index in [4.69, 9.17) is 11.6 Å². The molecule has 4 rings (SSSR count). The van der Waals surface area contributed by atoms with Crippen LogP contribution in [0.3, 0.4) is 0 Å². The summed E-state index contributed by atoms with van der Waals surface area (Å²) in [5, 5.41) is 10.6. The summed E-state index contributed by atoms with van der Waals surface area (Å²) < 4.78 is 4.33. The zero-order chi connectivity index (χ0) is 17.2. The van der Waals surface area contributed by atoms with Crippen molar-refractivity contribution in [2.75, 3.05) is 0 Å². The highest BCUT2D eigenvalue weighted by Gasteiger charge is 2.25. The molecule has 0 unspecified atom stereocenters. The number of hydrogen-bond donors (Lipinski definition) is 0. The van der Waals surface area contributed by atoms with E-state index in [1.54, 1.807) is 11.8 Å². The fourth-order valence-electron chi connectivity index (χ4n) is 3.36. The Morgan fingerprint density at radius 3 is 2.72 bits per heavy atom. The van der Waals surface area contributed by atoms with E-state index in [1.165, 1.54) is 25.7 Å². The predicted molar refractivity (Wildman–Crippen MR) is 101 cm³/mol. The second-order valence-corrected chi connectivity index (χ2v) is 7.69. The molecule has 0 N–H and O–H groups in total. The maximum atomic E-state index is 6.42. The molecule has 0 bridgehead atoms. The van der Waals surface area contributed by atoms with Crippen LogP contribution in [0.15, 0.2) is 41.8 Å². The van der Waals surface area contributed by atoms with Crippen molar-refractivity contribution < 1.29 is 0 Å². The minimum atomic E-state index is 0.449. The molecule has 3 aromatic rings. The molecular weight excluding hydrogens is 354 g/mol. The summed E-state index contributed by atoms with van der Waals surface area (Å²) in [4.78, 5) is 4.40. The Bertz CT molecular complexity index is 866. The Hall–Kier alpha value is -1.79. The second kappa shape index (κ2) is 7.22. The van der Waals surface area contributed by atoms with Crippen molar-refractivity contribution in [1.29, 1.82) is 0 Å². The molecule has 2 aromatic heterocycles. The minimum absolute atomic E-state index is 0.449. The third-order valence-corrected chi connectivity index (χ3v) is 5.99. The first-order chi connectivity index (χ1) is 12.2. The zero-order valence-corrected chi connectivity index (χ0v) is 15.7. The van der Waals surface area contributed by atoms with Gasteiger partial charge in [-0.1, -0.05) is 48.3 Å². The van der Waals surface area contributed by atoms with E-state index in [9.17, 15) is 0 Å². The highest BCUT2D eigenvalue weighted by molar-refractivity contribution is 7.98. The number of aryl methyl sites for hydroxylation is 1. The highest BCUT2D eigenvalue weighted by atomic mass is 35.5. The zero-order valence-electron chi connectivity index (χ0n) is 14.1. The molecule has 0 spiro atoms. The Morgan fingerprint density at radius 1 is 1.20 bits per heavy atom. The van der Waals surface area contributed by atoms with Crippen molar-refractivity contribution >= 4 is 23.4 Å². The lowest BCUT2D eigenvalue weighted by molar-refractivity contribution is 0.485. The highest BCUT2D eigenvalue weighted by Crippen LogP contribution is 2.38. The maximum absolute atomic E-state index is 6.42. The maximum Gasteiger partial charge on any atom is 0.192 e. The van der Waals surface area contributed by atoms with Gasteiger partial charge < -0.3 is 4.57 Å². The fraction of sp³-hybridized carbons (Fsp3) is 0.389. The van der Waals surface area contributed by atoms with E-state index in [-0.39, 0.29) is 0 Å². The molecule has 1 saturated carbocycles. The SMILES string of the molecule is Cn1ccnc1CSc1nnc(-c2ccccc2Cl)n1C1CCCC1. The lowest BCUT2D eigenvalue weighted by Crippen LogP contribution is -2.09. The normalized spacial score (nSPS) is 15.1. The van der Waals surface area contributed by atoms with Gasteiger partial charge in [0.25, 0.3) is 0 Å². The minimum Gasteiger partial charge on any atom is -0.337 e. The van der Waals surface area contributed by atoms with Crippen molar-refractivity contribution in [3.63, 3.8) is 0 Å². The summed E-state index contributed by atoms with van der Waals surface area (Å²) in [6.07, 6.45) is 8.65. The van der Waals surface area contributed by atoms with Crippen molar-refractivity contribution in [3.05, 3.63) is 47.5 Å². The number of rotatable bonds is 5. The molecule has 1 aromatic carbocycles. The van der Waals surface area contributed by atoms with Gasteiger partial charge >= 0.3 is 0 Å². The van der Waals surface area contributed by atoms with Crippen LogP contribution in [0.25, 0.3) is 11.4 Å². The molecule has 1 fully saturated rings. The van der Waals surface area contributed by atoms with Crippen molar-refractivity contribution in [1.82, 2.24) is 24.3 Å². The first-order valence-corrected chi connectivity index (χ1v) is 9.89. The Morgan fingerprint density at radius 2 is 2.00 bits per heavy atom. The summed E-state index contributed by atoms with van der Waals surface area (Å²) >= 11 is 8.11. The van der Waals surface area contributed by atoms with E-state index in [1.807, 2.05) is 48.3 Å². The number of thioether (sulfide) groups is 1. The van der Waals surface area contributed by atoms with Crippen LogP contribution >= 0.6 is 23.4 Å². The van der Waals surface area contributed by atoms with Crippen LogP contribution in [0, 0.1) is 0 Å². The van der Waals surface area contributed by atoms with Gasteiger partial charge in [-0.05, 0) is 25.0 Å². The van der Waals surface area contributed by atoms with Gasteiger partial charge in [0.15, 0.2) is 11.0 Å². The third-order valence-electron chi connectivity index (χ3n) is 4.72. The van der Waals surface area contributed by atoms with Gasteiger partial charge in [0, 0.05) is 31.0 Å². The molecule has 0 amide bonds. The summed E-state index contributed by atoms with van der Waals surface area (Å²) in [6, 6.07) is 8.31. The van der Waals surface area contributed by atoms with Crippen LogP contribution in [0.1, 0.15) is 37.5 Å². The Kier molecular flexibility index (Phi) is 4.81. The summed E-state index contributed by atoms with van der Waals surface area (Å²) in [5.74, 6) is 2.68. The van der Waals surface area contributed by atoms with E-state index in [2.05, 4.69) is 19.7 Å². The predicted octanol–water partition coefficient (Wildman–Crippen LogP) is 4.74. The third kappa shape index (κ3) is 3.33. The van der Waals surface area contributed by atoms with Crippen molar-refractivity contribution in [2.24, 2.45) is 7.05 Å². The van der Waals surface area contributed by atoms with Crippen LogP contribution in [0.4, 0.5) is 0 Å². The summed E-state index contributed by atoms with van der Waals surface area (Å²) in [5.41, 5.74) is 0.951. The molecule has 1 aliphatic carbocycles. The monoisotopic (exact) mass is 373 g/mol. The first kappa shape index (κ1) is 16.7. The van der Waals surface area contributed by atoms with Gasteiger partial charge in [0.1, 0.15) is 5.82 Å². The molecule has 0 saturated heterocycles. The fourth-order valence-corrected chi connectivity index (χ4v) is 4.59. The molecule has 7 heteroatoms. The van der Waals surface area contributed by atoms with Crippen LogP contribution in [0.5, 0.6) is 0 Å². The number of nitrogens with zero attached hydrogens (tertiary/aromatic N) is 5. The number of aromatic nitrogens is 5. The van der Waals surface area contributed by atoms with Gasteiger partial charge in [-0.3, -0.25) is 4.57 Å². The van der Waals surface area contributed by atoms with Gasteiger partial charge in [-0.2, -0.15) is 0 Å². The molecule has 0 radical (unpaired) electrons. The van der Waals surface area contributed by atoms with E-state index < -0.39 is 0 Å². The first-order valence-electron chi connectivity index (χ1n) is 8.53. The van der Waals surface area contributed by atoms with E-state index >= 15 is 0 Å². The molecule has 0 atom stereocenters. The van der Waals surface area contributed by atoms with Gasteiger partial charge in [0.2, 0.25) is 0 Å². The summed E-state index contributed by atoms with van der Waals surface area (Å²) in [6.45, 7) is 0. The number of imidazole rings is 1. The van der Waals surface area contributed by atoms with Crippen LogP contribution < -0.4 is 0 Å². The van der Waals surface area contributed by atoms with E-state index in [0.29, 0.717) is 6.04 Å². The molecule has 0 aliphatic heterocycles. The molecule has 2 heterocycles. The number of hydrogen-bond acceptors (Lipinski definition) is 4. The second-order valence-electron chi connectivity index (χ2n) is 6.34. The number of halogens is 1. The lowest BCUT2D eigenvalue weighted by atomic mass is 10.2. The molecule has 5 nitrogen and oxygen atoms in total.